The first kappa shape index (κ1) is 8.95. The van der Waals surface area contributed by atoms with Crippen LogP contribution in [0, 0.1) is 17.2 Å². The van der Waals surface area contributed by atoms with Crippen LogP contribution in [0.3, 0.4) is 0 Å². The van der Waals surface area contributed by atoms with Crippen molar-refractivity contribution >= 4 is 5.82 Å². The largest absolute Gasteiger partial charge is 0.367 e. The summed E-state index contributed by atoms with van der Waals surface area (Å²) in [6, 6.07) is 2.02. The zero-order valence-electron chi connectivity index (χ0n) is 7.90. The number of anilines is 1. The van der Waals surface area contributed by atoms with Crippen LogP contribution in [0.4, 0.5) is 5.82 Å². The van der Waals surface area contributed by atoms with Gasteiger partial charge in [0.2, 0.25) is 0 Å². The lowest BCUT2D eigenvalue weighted by molar-refractivity contribution is 0.333. The lowest BCUT2D eigenvalue weighted by atomic mass is 9.85. The first-order valence-corrected chi connectivity index (χ1v) is 4.85. The minimum absolute atomic E-state index is 0.381. The molecule has 1 heterocycles. The summed E-state index contributed by atoms with van der Waals surface area (Å²) in [7, 11) is 0. The van der Waals surface area contributed by atoms with Crippen LogP contribution in [0.2, 0.25) is 0 Å². The minimum Gasteiger partial charge on any atom is -0.367 e. The fraction of sp³-hybridized carbons (Fsp3) is 0.500. The summed E-state index contributed by atoms with van der Waals surface area (Å²) in [5.74, 6) is 1.37. The molecule has 1 N–H and O–H groups in total. The summed E-state index contributed by atoms with van der Waals surface area (Å²) in [4.78, 5) is 8.02. The Morgan fingerprint density at radius 3 is 2.86 bits per heavy atom. The molecule has 4 heteroatoms. The predicted molar refractivity (Wildman–Crippen MR) is 52.6 cm³/mol. The molecule has 4 nitrogen and oxygen atoms in total. The summed E-state index contributed by atoms with van der Waals surface area (Å²) >= 11 is 0. The molecule has 1 aromatic heterocycles. The van der Waals surface area contributed by atoms with Crippen LogP contribution in [-0.4, -0.2) is 16.5 Å². The van der Waals surface area contributed by atoms with Gasteiger partial charge in [0.25, 0.3) is 0 Å². The Morgan fingerprint density at radius 2 is 2.21 bits per heavy atom. The van der Waals surface area contributed by atoms with E-state index in [9.17, 15) is 0 Å². The highest BCUT2D eigenvalue weighted by Crippen LogP contribution is 2.26. The van der Waals surface area contributed by atoms with Crippen molar-refractivity contribution in [1.29, 1.82) is 5.26 Å². The van der Waals surface area contributed by atoms with Crippen molar-refractivity contribution in [1.82, 2.24) is 9.97 Å². The number of aromatic nitrogens is 2. The van der Waals surface area contributed by atoms with E-state index in [1.54, 1.807) is 6.20 Å². The molecule has 0 saturated heterocycles. The van der Waals surface area contributed by atoms with Gasteiger partial charge in [-0.25, -0.2) is 9.97 Å². The van der Waals surface area contributed by atoms with E-state index in [4.69, 9.17) is 5.26 Å². The highest BCUT2D eigenvalue weighted by atomic mass is 15.0. The molecule has 0 bridgehead atoms. The van der Waals surface area contributed by atoms with Crippen molar-refractivity contribution in [2.75, 3.05) is 11.9 Å². The van der Waals surface area contributed by atoms with Crippen LogP contribution in [0.15, 0.2) is 12.4 Å². The number of hydrogen-bond donors (Lipinski definition) is 1. The smallest absolute Gasteiger partial charge is 0.182 e. The Labute approximate surface area is 83.0 Å². The summed E-state index contributed by atoms with van der Waals surface area (Å²) in [5.41, 5.74) is 0.381. The van der Waals surface area contributed by atoms with E-state index in [2.05, 4.69) is 15.3 Å². The van der Waals surface area contributed by atoms with Crippen LogP contribution in [0.25, 0.3) is 0 Å². The van der Waals surface area contributed by atoms with E-state index < -0.39 is 0 Å². The lowest BCUT2D eigenvalue weighted by Gasteiger charge is -2.25. The monoisotopic (exact) mass is 188 g/mol. The van der Waals surface area contributed by atoms with Gasteiger partial charge in [-0.05, 0) is 18.8 Å². The van der Waals surface area contributed by atoms with Crippen molar-refractivity contribution < 1.29 is 0 Å². The molecule has 0 unspecified atom stereocenters. The Morgan fingerprint density at radius 1 is 1.43 bits per heavy atom. The standard InChI is InChI=1S/C10H12N4/c11-6-9-10(13-5-4-12-9)14-7-8-2-1-3-8/h4-5,8H,1-3,7H2,(H,13,14). The normalized spacial score (nSPS) is 15.6. The van der Waals surface area contributed by atoms with Gasteiger partial charge in [-0.2, -0.15) is 5.26 Å². The Hall–Kier alpha value is -1.63. The fourth-order valence-corrected chi connectivity index (χ4v) is 1.49. The number of nitriles is 1. The van der Waals surface area contributed by atoms with Crippen molar-refractivity contribution in [3.8, 4) is 6.07 Å². The van der Waals surface area contributed by atoms with Crippen molar-refractivity contribution in [3.05, 3.63) is 18.1 Å². The molecule has 0 spiro atoms. The SMILES string of the molecule is N#Cc1nccnc1NCC1CCC1. The molecule has 1 saturated carbocycles. The third-order valence-corrected chi connectivity index (χ3v) is 2.59. The highest BCUT2D eigenvalue weighted by molar-refractivity contribution is 5.46. The molecule has 0 amide bonds. The Balaban J connectivity index is 1.97. The quantitative estimate of drug-likeness (QED) is 0.781. The first-order valence-electron chi connectivity index (χ1n) is 4.85. The maximum absolute atomic E-state index is 8.76. The van der Waals surface area contributed by atoms with E-state index >= 15 is 0 Å². The first-order chi connectivity index (χ1) is 6.90. The van der Waals surface area contributed by atoms with Gasteiger partial charge in [0.05, 0.1) is 0 Å². The summed E-state index contributed by atoms with van der Waals surface area (Å²) in [6.45, 7) is 0.910. The maximum Gasteiger partial charge on any atom is 0.182 e. The molecular formula is C10H12N4. The summed E-state index contributed by atoms with van der Waals surface area (Å²) in [5, 5.41) is 11.9. The van der Waals surface area contributed by atoms with E-state index in [-0.39, 0.29) is 0 Å². The second-order valence-corrected chi connectivity index (χ2v) is 3.54. The molecule has 14 heavy (non-hydrogen) atoms. The second-order valence-electron chi connectivity index (χ2n) is 3.54. The van der Waals surface area contributed by atoms with Crippen LogP contribution in [0.1, 0.15) is 25.0 Å². The lowest BCUT2D eigenvalue weighted by Crippen LogP contribution is -2.21. The number of rotatable bonds is 3. The van der Waals surface area contributed by atoms with E-state index in [0.717, 1.165) is 12.5 Å². The zero-order chi connectivity index (χ0) is 9.80. The molecule has 1 aliphatic carbocycles. The number of nitrogens with zero attached hydrogens (tertiary/aromatic N) is 3. The van der Waals surface area contributed by atoms with E-state index in [0.29, 0.717) is 11.5 Å². The van der Waals surface area contributed by atoms with E-state index in [1.807, 2.05) is 6.07 Å². The van der Waals surface area contributed by atoms with Crippen molar-refractivity contribution in [2.24, 2.45) is 5.92 Å². The van der Waals surface area contributed by atoms with Gasteiger partial charge in [-0.1, -0.05) is 6.42 Å². The van der Waals surface area contributed by atoms with Crippen LogP contribution in [-0.2, 0) is 0 Å². The second kappa shape index (κ2) is 4.05. The molecule has 1 fully saturated rings. The average Bonchev–Trinajstić information content (AvgIpc) is 2.16. The molecule has 1 aliphatic rings. The van der Waals surface area contributed by atoms with Gasteiger partial charge in [-0.3, -0.25) is 0 Å². The zero-order valence-corrected chi connectivity index (χ0v) is 7.90. The summed E-state index contributed by atoms with van der Waals surface area (Å²) < 4.78 is 0. The van der Waals surface area contributed by atoms with Crippen LogP contribution in [0.5, 0.6) is 0 Å². The molecule has 72 valence electrons. The number of nitrogens with one attached hydrogen (secondary N) is 1. The van der Waals surface area contributed by atoms with E-state index in [1.165, 1.54) is 25.5 Å². The van der Waals surface area contributed by atoms with Crippen LogP contribution >= 0.6 is 0 Å². The van der Waals surface area contributed by atoms with Gasteiger partial charge < -0.3 is 5.32 Å². The maximum atomic E-state index is 8.76. The topological polar surface area (TPSA) is 61.6 Å². The summed E-state index contributed by atoms with van der Waals surface area (Å²) in [6.07, 6.45) is 7.04. The third kappa shape index (κ3) is 1.82. The molecule has 0 atom stereocenters. The van der Waals surface area contributed by atoms with Gasteiger partial charge in [0.1, 0.15) is 6.07 Å². The third-order valence-electron chi connectivity index (χ3n) is 2.59. The molecule has 1 aromatic rings. The van der Waals surface area contributed by atoms with Gasteiger partial charge in [-0.15, -0.1) is 0 Å². The molecule has 0 aromatic carbocycles. The molecule has 0 radical (unpaired) electrons. The van der Waals surface area contributed by atoms with Crippen LogP contribution < -0.4 is 5.32 Å². The van der Waals surface area contributed by atoms with Gasteiger partial charge in [0, 0.05) is 18.9 Å². The van der Waals surface area contributed by atoms with Gasteiger partial charge in [0.15, 0.2) is 11.5 Å². The Kier molecular flexibility index (Phi) is 2.59. The van der Waals surface area contributed by atoms with Crippen molar-refractivity contribution in [2.45, 2.75) is 19.3 Å². The predicted octanol–water partition coefficient (Wildman–Crippen LogP) is 1.56. The molecular weight excluding hydrogens is 176 g/mol. The Bertz CT molecular complexity index is 351. The highest BCUT2D eigenvalue weighted by Gasteiger charge is 2.17. The van der Waals surface area contributed by atoms with Crippen molar-refractivity contribution in [3.63, 3.8) is 0 Å². The average molecular weight is 188 g/mol. The minimum atomic E-state index is 0.381. The molecule has 0 aliphatic heterocycles. The molecule has 2 rings (SSSR count). The fourth-order valence-electron chi connectivity index (χ4n) is 1.49. The number of hydrogen-bond acceptors (Lipinski definition) is 4. The van der Waals surface area contributed by atoms with Gasteiger partial charge >= 0.3 is 0 Å².